The molecule has 0 aromatic carbocycles. The van der Waals surface area contributed by atoms with E-state index in [4.69, 9.17) is 18.9 Å². The first kappa shape index (κ1) is 29.4. The molecule has 30 heavy (non-hydrogen) atoms. The lowest BCUT2D eigenvalue weighted by atomic mass is 10.1. The second kappa shape index (κ2) is 26.4. The molecular formula is C25H50O5. The van der Waals surface area contributed by atoms with Crippen molar-refractivity contribution in [3.63, 3.8) is 0 Å². The molecule has 0 rings (SSSR count). The van der Waals surface area contributed by atoms with E-state index in [-0.39, 0.29) is 5.97 Å². The van der Waals surface area contributed by atoms with Gasteiger partial charge in [-0.1, -0.05) is 90.9 Å². The molecule has 0 saturated carbocycles. The minimum absolute atomic E-state index is 0.127. The van der Waals surface area contributed by atoms with Gasteiger partial charge in [-0.25, -0.2) is 0 Å². The number of ether oxygens (including phenoxy) is 4. The molecule has 0 aliphatic heterocycles. The first-order chi connectivity index (χ1) is 14.8. The van der Waals surface area contributed by atoms with Gasteiger partial charge in [0.2, 0.25) is 0 Å². The maximum absolute atomic E-state index is 11.4. The fourth-order valence-electron chi connectivity index (χ4n) is 3.22. The van der Waals surface area contributed by atoms with Crippen molar-refractivity contribution in [2.75, 3.05) is 46.2 Å². The van der Waals surface area contributed by atoms with E-state index >= 15 is 0 Å². The molecular weight excluding hydrogens is 380 g/mol. The van der Waals surface area contributed by atoms with Crippen molar-refractivity contribution >= 4 is 5.97 Å². The van der Waals surface area contributed by atoms with Crippen molar-refractivity contribution in [2.45, 2.75) is 110 Å². The second-order valence-electron chi connectivity index (χ2n) is 8.05. The summed E-state index contributed by atoms with van der Waals surface area (Å²) in [5.41, 5.74) is 0. The van der Waals surface area contributed by atoms with Gasteiger partial charge in [0.25, 0.3) is 0 Å². The highest BCUT2D eigenvalue weighted by Crippen LogP contribution is 2.11. The zero-order valence-corrected chi connectivity index (χ0v) is 20.1. The van der Waals surface area contributed by atoms with Crippen LogP contribution in [0.3, 0.4) is 0 Å². The highest BCUT2D eigenvalue weighted by molar-refractivity contribution is 5.69. The molecule has 0 spiro atoms. The standard InChI is InChI=1S/C25H50O5/c1-3-5-7-8-9-10-11-12-13-14-16-18-27-19-20-28-21-22-29-23-24-30-25(26)17-15-6-4-2/h3-24H2,1-2H3. The molecule has 0 aliphatic carbocycles. The summed E-state index contributed by atoms with van der Waals surface area (Å²) >= 11 is 0. The Morgan fingerprint density at radius 1 is 0.467 bits per heavy atom. The summed E-state index contributed by atoms with van der Waals surface area (Å²) in [5, 5.41) is 0. The highest BCUT2D eigenvalue weighted by Gasteiger charge is 2.01. The fraction of sp³-hybridized carbons (Fsp3) is 0.960. The third-order valence-corrected chi connectivity index (χ3v) is 5.11. The fourth-order valence-corrected chi connectivity index (χ4v) is 3.22. The maximum Gasteiger partial charge on any atom is 0.305 e. The predicted octanol–water partition coefficient (Wildman–Crippen LogP) is 6.47. The van der Waals surface area contributed by atoms with E-state index in [2.05, 4.69) is 13.8 Å². The van der Waals surface area contributed by atoms with Crippen LogP contribution >= 0.6 is 0 Å². The molecule has 0 aromatic rings. The van der Waals surface area contributed by atoms with E-state index < -0.39 is 0 Å². The molecule has 0 saturated heterocycles. The summed E-state index contributed by atoms with van der Waals surface area (Å²) in [6, 6.07) is 0. The molecule has 0 heterocycles. The highest BCUT2D eigenvalue weighted by atomic mass is 16.6. The summed E-state index contributed by atoms with van der Waals surface area (Å²) in [7, 11) is 0. The van der Waals surface area contributed by atoms with Gasteiger partial charge >= 0.3 is 5.97 Å². The van der Waals surface area contributed by atoms with Crippen LogP contribution in [0.15, 0.2) is 0 Å². The van der Waals surface area contributed by atoms with Crippen molar-refractivity contribution in [1.29, 1.82) is 0 Å². The predicted molar refractivity (Wildman–Crippen MR) is 124 cm³/mol. The van der Waals surface area contributed by atoms with Crippen LogP contribution in [0.25, 0.3) is 0 Å². The topological polar surface area (TPSA) is 54.0 Å². The summed E-state index contributed by atoms with van der Waals surface area (Å²) in [6.07, 6.45) is 18.5. The molecule has 0 amide bonds. The Bertz CT molecular complexity index is 336. The molecule has 5 heteroatoms. The number of unbranched alkanes of at least 4 members (excludes halogenated alkanes) is 12. The lowest BCUT2D eigenvalue weighted by Gasteiger charge is -2.08. The summed E-state index contributed by atoms with van der Waals surface area (Å²) in [4.78, 5) is 11.4. The Kier molecular flexibility index (Phi) is 25.8. The zero-order chi connectivity index (χ0) is 22.0. The second-order valence-corrected chi connectivity index (χ2v) is 8.05. The van der Waals surface area contributed by atoms with Gasteiger partial charge in [0.05, 0.1) is 33.0 Å². The molecule has 0 fully saturated rings. The first-order valence-corrected chi connectivity index (χ1v) is 12.7. The summed E-state index contributed by atoms with van der Waals surface area (Å²) in [5.74, 6) is -0.127. The largest absolute Gasteiger partial charge is 0.463 e. The van der Waals surface area contributed by atoms with Gasteiger partial charge in [0.15, 0.2) is 0 Å². The number of hydrogen-bond donors (Lipinski definition) is 0. The smallest absolute Gasteiger partial charge is 0.305 e. The van der Waals surface area contributed by atoms with Gasteiger partial charge in [-0.05, 0) is 12.8 Å². The number of carbonyl (C=O) groups is 1. The quantitative estimate of drug-likeness (QED) is 0.123. The molecule has 0 aliphatic rings. The molecule has 0 unspecified atom stereocenters. The van der Waals surface area contributed by atoms with Crippen molar-refractivity contribution in [3.8, 4) is 0 Å². The lowest BCUT2D eigenvalue weighted by molar-refractivity contribution is -0.145. The van der Waals surface area contributed by atoms with Crippen LogP contribution in [0, 0.1) is 0 Å². The third kappa shape index (κ3) is 25.4. The molecule has 0 N–H and O–H groups in total. The average Bonchev–Trinajstić information content (AvgIpc) is 2.75. The van der Waals surface area contributed by atoms with Crippen molar-refractivity contribution in [2.24, 2.45) is 0 Å². The first-order valence-electron chi connectivity index (χ1n) is 12.7. The van der Waals surface area contributed by atoms with E-state index in [0.29, 0.717) is 46.1 Å². The Hall–Kier alpha value is -0.650. The van der Waals surface area contributed by atoms with Crippen LogP contribution in [0.1, 0.15) is 110 Å². The van der Waals surface area contributed by atoms with Gasteiger partial charge in [0, 0.05) is 13.0 Å². The summed E-state index contributed by atoms with van der Waals surface area (Å²) < 4.78 is 21.6. The Labute approximate surface area is 186 Å². The number of hydrogen-bond acceptors (Lipinski definition) is 5. The molecule has 0 atom stereocenters. The van der Waals surface area contributed by atoms with Gasteiger partial charge in [-0.2, -0.15) is 0 Å². The van der Waals surface area contributed by atoms with Crippen LogP contribution in [0.5, 0.6) is 0 Å². The average molecular weight is 431 g/mol. The van der Waals surface area contributed by atoms with Gasteiger partial charge < -0.3 is 18.9 Å². The minimum Gasteiger partial charge on any atom is -0.463 e. The Balaban J connectivity index is 3.06. The molecule has 0 radical (unpaired) electrons. The zero-order valence-electron chi connectivity index (χ0n) is 20.1. The van der Waals surface area contributed by atoms with E-state index in [1.54, 1.807) is 0 Å². The van der Waals surface area contributed by atoms with Crippen LogP contribution in [-0.4, -0.2) is 52.2 Å². The molecule has 180 valence electrons. The maximum atomic E-state index is 11.4. The summed E-state index contributed by atoms with van der Waals surface area (Å²) in [6.45, 7) is 8.30. The van der Waals surface area contributed by atoms with Gasteiger partial charge in [0.1, 0.15) is 6.61 Å². The van der Waals surface area contributed by atoms with Crippen LogP contribution in [0.2, 0.25) is 0 Å². The number of carbonyl (C=O) groups excluding carboxylic acids is 1. The Morgan fingerprint density at radius 2 is 0.867 bits per heavy atom. The minimum atomic E-state index is -0.127. The van der Waals surface area contributed by atoms with Crippen LogP contribution < -0.4 is 0 Å². The Morgan fingerprint density at radius 3 is 1.40 bits per heavy atom. The van der Waals surface area contributed by atoms with Crippen LogP contribution in [-0.2, 0) is 23.7 Å². The number of rotatable bonds is 25. The van der Waals surface area contributed by atoms with E-state index in [1.807, 2.05) is 0 Å². The molecule has 0 aromatic heterocycles. The molecule has 5 nitrogen and oxygen atoms in total. The van der Waals surface area contributed by atoms with E-state index in [0.717, 1.165) is 32.3 Å². The van der Waals surface area contributed by atoms with Gasteiger partial charge in [-0.15, -0.1) is 0 Å². The monoisotopic (exact) mass is 430 g/mol. The van der Waals surface area contributed by atoms with Crippen LogP contribution in [0.4, 0.5) is 0 Å². The van der Waals surface area contributed by atoms with Gasteiger partial charge in [-0.3, -0.25) is 4.79 Å². The molecule has 0 bridgehead atoms. The van der Waals surface area contributed by atoms with Crippen molar-refractivity contribution < 1.29 is 23.7 Å². The SMILES string of the molecule is CCCCCCCCCCCCCOCCOCCOCCOC(=O)CCCCC. The third-order valence-electron chi connectivity index (χ3n) is 5.11. The van der Waals surface area contributed by atoms with Crippen molar-refractivity contribution in [3.05, 3.63) is 0 Å². The normalized spacial score (nSPS) is 11.1. The number of esters is 1. The van der Waals surface area contributed by atoms with E-state index in [1.165, 1.54) is 64.2 Å². The van der Waals surface area contributed by atoms with E-state index in [9.17, 15) is 4.79 Å². The lowest BCUT2D eigenvalue weighted by Crippen LogP contribution is -2.14. The van der Waals surface area contributed by atoms with Crippen molar-refractivity contribution in [1.82, 2.24) is 0 Å².